The summed E-state index contributed by atoms with van der Waals surface area (Å²) in [7, 11) is 0. The van der Waals surface area contributed by atoms with Gasteiger partial charge in [-0.05, 0) is 66.8 Å². The van der Waals surface area contributed by atoms with Crippen LogP contribution in [-0.2, 0) is 21.5 Å². The number of amides is 4. The summed E-state index contributed by atoms with van der Waals surface area (Å²) in [5, 5.41) is 6.08. The van der Waals surface area contributed by atoms with Gasteiger partial charge in [0.2, 0.25) is 5.91 Å². The maximum absolute atomic E-state index is 13.3. The van der Waals surface area contributed by atoms with E-state index in [1.807, 2.05) is 36.4 Å². The van der Waals surface area contributed by atoms with Gasteiger partial charge < -0.3 is 15.4 Å². The summed E-state index contributed by atoms with van der Waals surface area (Å²) < 4.78 is 5.75. The Morgan fingerprint density at radius 1 is 1.03 bits per heavy atom. The number of urea groups is 1. The number of hydrogen-bond acceptors (Lipinski definition) is 4. The first kappa shape index (κ1) is 22.0. The fourth-order valence-corrected chi connectivity index (χ4v) is 4.73. The van der Waals surface area contributed by atoms with E-state index in [0.717, 1.165) is 28.9 Å². The largest absolute Gasteiger partial charge is 0.456 e. The normalized spacial score (nSPS) is 19.0. The van der Waals surface area contributed by atoms with Gasteiger partial charge >= 0.3 is 6.03 Å². The van der Waals surface area contributed by atoms with Crippen molar-refractivity contribution in [2.75, 3.05) is 11.9 Å². The molecule has 1 heterocycles. The van der Waals surface area contributed by atoms with Crippen LogP contribution in [0, 0.1) is 0 Å². The first-order chi connectivity index (χ1) is 16.5. The van der Waals surface area contributed by atoms with Crippen molar-refractivity contribution in [1.82, 2.24) is 10.2 Å². The zero-order chi connectivity index (χ0) is 23.7. The van der Waals surface area contributed by atoms with Crippen LogP contribution in [0.5, 0.6) is 11.5 Å². The SMILES string of the molecule is O=C(CN1C(=O)N[C@@]2(CCCc3ccccc32)C1=O)Nc1ccc(Oc2ccccc2Cl)cc1. The molecule has 3 aromatic carbocycles. The van der Waals surface area contributed by atoms with Crippen LogP contribution in [0.1, 0.15) is 24.0 Å². The summed E-state index contributed by atoms with van der Waals surface area (Å²) in [5.74, 6) is 0.225. The van der Waals surface area contributed by atoms with E-state index in [-0.39, 0.29) is 12.5 Å². The highest BCUT2D eigenvalue weighted by atomic mass is 35.5. The molecule has 34 heavy (non-hydrogen) atoms. The molecule has 0 radical (unpaired) electrons. The molecular weight excluding hydrogens is 454 g/mol. The third kappa shape index (κ3) is 3.99. The van der Waals surface area contributed by atoms with Crippen LogP contribution >= 0.6 is 11.6 Å². The highest BCUT2D eigenvalue weighted by Gasteiger charge is 2.54. The number of carbonyl (C=O) groups excluding carboxylic acids is 3. The molecule has 7 nitrogen and oxygen atoms in total. The molecule has 172 valence electrons. The molecule has 8 heteroatoms. The van der Waals surface area contributed by atoms with E-state index in [4.69, 9.17) is 16.3 Å². The molecule has 4 amide bonds. The molecule has 2 aliphatic rings. The second-order valence-corrected chi connectivity index (χ2v) is 8.75. The maximum Gasteiger partial charge on any atom is 0.325 e. The molecular formula is C26H22ClN3O4. The number of nitrogens with zero attached hydrogens (tertiary/aromatic N) is 1. The Bertz CT molecular complexity index is 1280. The van der Waals surface area contributed by atoms with Gasteiger partial charge in [0.25, 0.3) is 5.91 Å². The Kier molecular flexibility index (Phi) is 5.71. The van der Waals surface area contributed by atoms with E-state index in [0.29, 0.717) is 28.6 Å². The van der Waals surface area contributed by atoms with Gasteiger partial charge in [-0.1, -0.05) is 48.0 Å². The van der Waals surface area contributed by atoms with Gasteiger partial charge in [0.15, 0.2) is 0 Å². The minimum absolute atomic E-state index is 0.369. The predicted octanol–water partition coefficient (Wildman–Crippen LogP) is 4.85. The number of rotatable bonds is 5. The van der Waals surface area contributed by atoms with Gasteiger partial charge in [-0.2, -0.15) is 0 Å². The first-order valence-electron chi connectivity index (χ1n) is 11.0. The van der Waals surface area contributed by atoms with Crippen molar-refractivity contribution < 1.29 is 19.1 Å². The van der Waals surface area contributed by atoms with Gasteiger partial charge in [0.1, 0.15) is 23.6 Å². The number of anilines is 1. The Hall–Kier alpha value is -3.84. The molecule has 1 saturated heterocycles. The van der Waals surface area contributed by atoms with E-state index in [9.17, 15) is 14.4 Å². The average molecular weight is 476 g/mol. The minimum atomic E-state index is -1.09. The molecule has 1 spiro atoms. The van der Waals surface area contributed by atoms with Gasteiger partial charge in [0.05, 0.1) is 5.02 Å². The molecule has 1 fully saturated rings. The van der Waals surface area contributed by atoms with Crippen LogP contribution in [-0.4, -0.2) is 29.3 Å². The van der Waals surface area contributed by atoms with Gasteiger partial charge in [-0.15, -0.1) is 0 Å². The average Bonchev–Trinajstić information content (AvgIpc) is 3.06. The molecule has 0 saturated carbocycles. The lowest BCUT2D eigenvalue weighted by Gasteiger charge is -2.33. The molecule has 5 rings (SSSR count). The Balaban J connectivity index is 1.25. The molecule has 0 unspecified atom stereocenters. The third-order valence-corrected chi connectivity index (χ3v) is 6.47. The minimum Gasteiger partial charge on any atom is -0.456 e. The van der Waals surface area contributed by atoms with Crippen molar-refractivity contribution >= 4 is 35.1 Å². The van der Waals surface area contributed by atoms with Gasteiger partial charge in [-0.3, -0.25) is 14.5 Å². The Morgan fingerprint density at radius 3 is 2.56 bits per heavy atom. The number of carbonyl (C=O) groups is 3. The molecule has 0 bridgehead atoms. The number of nitrogens with one attached hydrogen (secondary N) is 2. The van der Waals surface area contributed by atoms with Crippen LogP contribution < -0.4 is 15.4 Å². The molecule has 1 atom stereocenters. The Labute approximate surface area is 201 Å². The van der Waals surface area contributed by atoms with Crippen molar-refractivity contribution in [3.63, 3.8) is 0 Å². The van der Waals surface area contributed by atoms with Crippen molar-refractivity contribution in [2.45, 2.75) is 24.8 Å². The van der Waals surface area contributed by atoms with E-state index in [2.05, 4.69) is 10.6 Å². The monoisotopic (exact) mass is 475 g/mol. The molecule has 1 aliphatic heterocycles. The maximum atomic E-state index is 13.3. The highest BCUT2D eigenvalue weighted by molar-refractivity contribution is 6.32. The predicted molar refractivity (Wildman–Crippen MR) is 128 cm³/mol. The summed E-state index contributed by atoms with van der Waals surface area (Å²) in [6.07, 6.45) is 2.16. The van der Waals surface area contributed by atoms with Crippen LogP contribution in [0.2, 0.25) is 5.02 Å². The number of benzene rings is 3. The lowest BCUT2D eigenvalue weighted by Crippen LogP contribution is -2.47. The van der Waals surface area contributed by atoms with Crippen LogP contribution in [0.15, 0.2) is 72.8 Å². The number of aryl methyl sites for hydroxylation is 1. The lowest BCUT2D eigenvalue weighted by molar-refractivity contribution is -0.134. The van der Waals surface area contributed by atoms with Crippen LogP contribution in [0.3, 0.4) is 0 Å². The van der Waals surface area contributed by atoms with E-state index >= 15 is 0 Å². The zero-order valence-corrected chi connectivity index (χ0v) is 19.0. The first-order valence-corrected chi connectivity index (χ1v) is 11.4. The van der Waals surface area contributed by atoms with E-state index in [1.165, 1.54) is 0 Å². The summed E-state index contributed by atoms with van der Waals surface area (Å²) in [6, 6.07) is 21.0. The smallest absolute Gasteiger partial charge is 0.325 e. The summed E-state index contributed by atoms with van der Waals surface area (Å²) in [5.41, 5.74) is 1.29. The number of halogens is 1. The zero-order valence-electron chi connectivity index (χ0n) is 18.2. The van der Waals surface area contributed by atoms with Gasteiger partial charge in [-0.25, -0.2) is 4.79 Å². The topological polar surface area (TPSA) is 87.7 Å². The number of para-hydroxylation sites is 1. The van der Waals surface area contributed by atoms with Crippen LogP contribution in [0.25, 0.3) is 0 Å². The lowest BCUT2D eigenvalue weighted by atomic mass is 9.76. The summed E-state index contributed by atoms with van der Waals surface area (Å²) in [4.78, 5) is 39.7. The number of fused-ring (bicyclic) bond motifs is 2. The van der Waals surface area contributed by atoms with Crippen molar-refractivity contribution in [3.8, 4) is 11.5 Å². The summed E-state index contributed by atoms with van der Waals surface area (Å²) >= 11 is 6.11. The second-order valence-electron chi connectivity index (χ2n) is 8.34. The molecule has 1 aliphatic carbocycles. The number of hydrogen-bond donors (Lipinski definition) is 2. The van der Waals surface area contributed by atoms with Crippen molar-refractivity contribution in [3.05, 3.63) is 88.9 Å². The van der Waals surface area contributed by atoms with Crippen LogP contribution in [0.4, 0.5) is 10.5 Å². The number of ether oxygens (including phenoxy) is 1. The fraction of sp³-hybridized carbons (Fsp3) is 0.192. The Morgan fingerprint density at radius 2 is 1.76 bits per heavy atom. The molecule has 2 N–H and O–H groups in total. The molecule has 3 aromatic rings. The quantitative estimate of drug-likeness (QED) is 0.516. The number of imide groups is 1. The second kappa shape index (κ2) is 8.83. The van der Waals surface area contributed by atoms with Gasteiger partial charge in [0, 0.05) is 5.69 Å². The fourth-order valence-electron chi connectivity index (χ4n) is 4.56. The van der Waals surface area contributed by atoms with Crippen molar-refractivity contribution in [2.24, 2.45) is 0 Å². The third-order valence-electron chi connectivity index (χ3n) is 6.16. The van der Waals surface area contributed by atoms with E-state index < -0.39 is 17.5 Å². The van der Waals surface area contributed by atoms with E-state index in [1.54, 1.807) is 36.4 Å². The standard InChI is InChI=1S/C26H22ClN3O4/c27-21-9-3-4-10-22(21)34-19-13-11-18(12-14-19)28-23(31)16-30-24(32)26(29-25(30)33)15-5-7-17-6-1-2-8-20(17)26/h1-4,6,8-14H,5,7,15-16H2,(H,28,31)(H,29,33)/t26-/m1/s1. The van der Waals surface area contributed by atoms with Crippen molar-refractivity contribution in [1.29, 1.82) is 0 Å². The summed E-state index contributed by atoms with van der Waals surface area (Å²) in [6.45, 7) is -0.369. The highest BCUT2D eigenvalue weighted by Crippen LogP contribution is 2.39. The molecule has 0 aromatic heterocycles.